The fourth-order valence-corrected chi connectivity index (χ4v) is 1.09. The van der Waals surface area contributed by atoms with Crippen LogP contribution in [0.25, 0.3) is 0 Å². The maximum absolute atomic E-state index is 5.64. The summed E-state index contributed by atoms with van der Waals surface area (Å²) in [4.78, 5) is 8.55. The van der Waals surface area contributed by atoms with Gasteiger partial charge in [-0.05, 0) is 24.9 Å². The van der Waals surface area contributed by atoms with Gasteiger partial charge in [0.15, 0.2) is 0 Å². The van der Waals surface area contributed by atoms with Crippen LogP contribution in [-0.2, 0) is 6.42 Å². The summed E-state index contributed by atoms with van der Waals surface area (Å²) in [6.45, 7) is 6.88. The number of nitrogens with two attached hydrogens (primary N) is 1. The predicted molar refractivity (Wildman–Crippen MR) is 53.3 cm³/mol. The molecule has 0 atom stereocenters. The number of aromatic nitrogens is 2. The first kappa shape index (κ1) is 10.1. The van der Waals surface area contributed by atoms with E-state index >= 15 is 0 Å². The van der Waals surface area contributed by atoms with Crippen LogP contribution in [0.5, 0.6) is 0 Å². The van der Waals surface area contributed by atoms with E-state index in [0.717, 1.165) is 17.9 Å². The Bertz CT molecular complexity index is 281. The van der Waals surface area contributed by atoms with Crippen LogP contribution in [0, 0.1) is 12.3 Å². The van der Waals surface area contributed by atoms with Gasteiger partial charge in [0.25, 0.3) is 0 Å². The molecule has 1 aromatic rings. The molecular weight excluding hydrogens is 162 g/mol. The minimum Gasteiger partial charge on any atom is -0.330 e. The van der Waals surface area contributed by atoms with Crippen molar-refractivity contribution in [1.82, 2.24) is 9.97 Å². The molecule has 0 aliphatic heterocycles. The topological polar surface area (TPSA) is 51.8 Å². The first-order valence-electron chi connectivity index (χ1n) is 4.52. The van der Waals surface area contributed by atoms with E-state index in [9.17, 15) is 0 Å². The Labute approximate surface area is 79.4 Å². The lowest BCUT2D eigenvalue weighted by molar-refractivity contribution is 0.367. The van der Waals surface area contributed by atoms with Crippen LogP contribution < -0.4 is 5.73 Å². The maximum Gasteiger partial charge on any atom is 0.129 e. The van der Waals surface area contributed by atoms with E-state index in [2.05, 4.69) is 23.8 Å². The Morgan fingerprint density at radius 1 is 1.46 bits per heavy atom. The SMILES string of the molecule is Cc1ccnc(CC(C)(C)CN)n1. The van der Waals surface area contributed by atoms with E-state index in [1.165, 1.54) is 0 Å². The van der Waals surface area contributed by atoms with E-state index in [0.29, 0.717) is 6.54 Å². The van der Waals surface area contributed by atoms with Crippen LogP contribution in [0.3, 0.4) is 0 Å². The second-order valence-electron chi connectivity index (χ2n) is 4.16. The Hall–Kier alpha value is -0.960. The summed E-state index contributed by atoms with van der Waals surface area (Å²) in [6, 6.07) is 1.90. The molecule has 0 unspecified atom stereocenters. The third-order valence-corrected chi connectivity index (χ3v) is 2.03. The first-order chi connectivity index (χ1) is 6.03. The largest absolute Gasteiger partial charge is 0.330 e. The number of hydrogen-bond acceptors (Lipinski definition) is 3. The molecule has 1 heterocycles. The number of nitrogens with zero attached hydrogens (tertiary/aromatic N) is 2. The van der Waals surface area contributed by atoms with Crippen molar-refractivity contribution in [2.45, 2.75) is 27.2 Å². The van der Waals surface area contributed by atoms with Gasteiger partial charge < -0.3 is 5.73 Å². The van der Waals surface area contributed by atoms with Crippen molar-refractivity contribution in [2.24, 2.45) is 11.1 Å². The molecule has 72 valence electrons. The second kappa shape index (κ2) is 3.83. The third kappa shape index (κ3) is 3.11. The average Bonchev–Trinajstić information content (AvgIpc) is 2.03. The van der Waals surface area contributed by atoms with Gasteiger partial charge in [-0.1, -0.05) is 13.8 Å². The van der Waals surface area contributed by atoms with Gasteiger partial charge in [0.1, 0.15) is 5.82 Å². The second-order valence-corrected chi connectivity index (χ2v) is 4.16. The van der Waals surface area contributed by atoms with Crippen LogP contribution in [0.4, 0.5) is 0 Å². The molecule has 0 fully saturated rings. The van der Waals surface area contributed by atoms with Gasteiger partial charge in [-0.3, -0.25) is 0 Å². The van der Waals surface area contributed by atoms with Crippen molar-refractivity contribution in [3.8, 4) is 0 Å². The monoisotopic (exact) mass is 179 g/mol. The lowest BCUT2D eigenvalue weighted by Gasteiger charge is -2.20. The normalized spacial score (nSPS) is 11.7. The van der Waals surface area contributed by atoms with Gasteiger partial charge in [0.05, 0.1) is 0 Å². The quantitative estimate of drug-likeness (QED) is 0.761. The van der Waals surface area contributed by atoms with E-state index in [1.54, 1.807) is 6.20 Å². The number of hydrogen-bond donors (Lipinski definition) is 1. The van der Waals surface area contributed by atoms with Gasteiger partial charge in [-0.2, -0.15) is 0 Å². The molecule has 0 saturated heterocycles. The Balaban J connectivity index is 2.74. The molecule has 3 heteroatoms. The van der Waals surface area contributed by atoms with Crippen LogP contribution in [0.15, 0.2) is 12.3 Å². The van der Waals surface area contributed by atoms with Gasteiger partial charge in [0.2, 0.25) is 0 Å². The summed E-state index contributed by atoms with van der Waals surface area (Å²) >= 11 is 0. The Morgan fingerprint density at radius 2 is 2.15 bits per heavy atom. The molecule has 2 N–H and O–H groups in total. The maximum atomic E-state index is 5.64. The fraction of sp³-hybridized carbons (Fsp3) is 0.600. The van der Waals surface area contributed by atoms with Crippen molar-refractivity contribution in [3.63, 3.8) is 0 Å². The van der Waals surface area contributed by atoms with Crippen LogP contribution in [0.1, 0.15) is 25.4 Å². The molecular formula is C10H17N3. The Morgan fingerprint density at radius 3 is 2.69 bits per heavy atom. The van der Waals surface area contributed by atoms with Gasteiger partial charge in [-0.25, -0.2) is 9.97 Å². The standard InChI is InChI=1S/C10H17N3/c1-8-4-5-12-9(13-8)6-10(2,3)7-11/h4-5H,6-7,11H2,1-3H3. The zero-order valence-corrected chi connectivity index (χ0v) is 8.54. The van der Waals surface area contributed by atoms with Crippen molar-refractivity contribution >= 4 is 0 Å². The van der Waals surface area contributed by atoms with Crippen molar-refractivity contribution in [2.75, 3.05) is 6.54 Å². The van der Waals surface area contributed by atoms with E-state index in [-0.39, 0.29) is 5.41 Å². The van der Waals surface area contributed by atoms with Crippen LogP contribution in [0.2, 0.25) is 0 Å². The molecule has 0 aromatic carbocycles. The summed E-state index contributed by atoms with van der Waals surface area (Å²) in [6.07, 6.45) is 2.63. The Kier molecular flexibility index (Phi) is 2.98. The van der Waals surface area contributed by atoms with Crippen molar-refractivity contribution in [1.29, 1.82) is 0 Å². The smallest absolute Gasteiger partial charge is 0.129 e. The highest BCUT2D eigenvalue weighted by molar-refractivity contribution is 5.01. The molecule has 0 saturated carbocycles. The molecule has 1 aromatic heterocycles. The summed E-state index contributed by atoms with van der Waals surface area (Å²) < 4.78 is 0. The van der Waals surface area contributed by atoms with Crippen LogP contribution in [-0.4, -0.2) is 16.5 Å². The lowest BCUT2D eigenvalue weighted by atomic mass is 9.89. The molecule has 13 heavy (non-hydrogen) atoms. The minimum absolute atomic E-state index is 0.0911. The molecule has 0 amide bonds. The van der Waals surface area contributed by atoms with Gasteiger partial charge >= 0.3 is 0 Å². The predicted octanol–water partition coefficient (Wildman–Crippen LogP) is 1.31. The lowest BCUT2D eigenvalue weighted by Crippen LogP contribution is -2.26. The summed E-state index contributed by atoms with van der Waals surface area (Å²) in [5.41, 5.74) is 6.74. The number of aryl methyl sites for hydroxylation is 1. The van der Waals surface area contributed by atoms with E-state index in [4.69, 9.17) is 5.73 Å². The molecule has 0 radical (unpaired) electrons. The van der Waals surface area contributed by atoms with Gasteiger partial charge in [-0.15, -0.1) is 0 Å². The zero-order valence-electron chi connectivity index (χ0n) is 8.54. The van der Waals surface area contributed by atoms with Crippen LogP contribution >= 0.6 is 0 Å². The highest BCUT2D eigenvalue weighted by atomic mass is 14.9. The highest BCUT2D eigenvalue weighted by Crippen LogP contribution is 2.17. The van der Waals surface area contributed by atoms with Gasteiger partial charge in [0, 0.05) is 18.3 Å². The fourth-order valence-electron chi connectivity index (χ4n) is 1.09. The summed E-state index contributed by atoms with van der Waals surface area (Å²) in [5, 5.41) is 0. The van der Waals surface area contributed by atoms with E-state index < -0.39 is 0 Å². The van der Waals surface area contributed by atoms with Crippen molar-refractivity contribution < 1.29 is 0 Å². The van der Waals surface area contributed by atoms with Crippen molar-refractivity contribution in [3.05, 3.63) is 23.8 Å². The molecule has 0 spiro atoms. The molecule has 1 rings (SSSR count). The first-order valence-corrected chi connectivity index (χ1v) is 4.52. The minimum atomic E-state index is 0.0911. The molecule has 0 bridgehead atoms. The average molecular weight is 179 g/mol. The molecule has 0 aliphatic carbocycles. The zero-order chi connectivity index (χ0) is 9.90. The molecule has 0 aliphatic rings. The van der Waals surface area contributed by atoms with E-state index in [1.807, 2.05) is 13.0 Å². The summed E-state index contributed by atoms with van der Waals surface area (Å²) in [7, 11) is 0. The highest BCUT2D eigenvalue weighted by Gasteiger charge is 2.17. The number of rotatable bonds is 3. The summed E-state index contributed by atoms with van der Waals surface area (Å²) in [5.74, 6) is 0.885. The third-order valence-electron chi connectivity index (χ3n) is 2.03. The molecule has 3 nitrogen and oxygen atoms in total.